The Morgan fingerprint density at radius 3 is 2.48 bits per heavy atom. The summed E-state index contributed by atoms with van der Waals surface area (Å²) in [4.78, 5) is 27.3. The number of nitrogens with one attached hydrogen (secondary N) is 1. The van der Waals surface area contributed by atoms with Crippen LogP contribution in [-0.4, -0.2) is 42.2 Å². The first-order valence-electron chi connectivity index (χ1n) is 10.1. The molecule has 0 aromatic heterocycles. The maximum atomic E-state index is 13.1. The number of methoxy groups -OCH3 is 1. The number of hydrogen-bond donors (Lipinski definition) is 1. The number of carbonyl (C=O) groups excluding carboxylic acids is 2. The van der Waals surface area contributed by atoms with E-state index in [2.05, 4.69) is 5.32 Å². The Balaban J connectivity index is 2.11. The molecule has 8 heteroatoms. The zero-order valence-corrected chi connectivity index (χ0v) is 20.3. The summed E-state index contributed by atoms with van der Waals surface area (Å²) >= 11 is 13.9. The highest BCUT2D eigenvalue weighted by molar-refractivity contribution is 7.99. The highest BCUT2D eigenvalue weighted by Gasteiger charge is 2.26. The quantitative estimate of drug-likeness (QED) is 0.479. The molecule has 1 unspecified atom stereocenters. The van der Waals surface area contributed by atoms with Crippen molar-refractivity contribution in [3.63, 3.8) is 0 Å². The van der Waals surface area contributed by atoms with Crippen molar-refractivity contribution in [3.8, 4) is 5.75 Å². The number of halogens is 2. The number of carbonyl (C=O) groups is 2. The van der Waals surface area contributed by atoms with Crippen LogP contribution in [0.25, 0.3) is 0 Å². The Morgan fingerprint density at radius 2 is 1.84 bits per heavy atom. The van der Waals surface area contributed by atoms with Crippen molar-refractivity contribution >= 4 is 46.8 Å². The third kappa shape index (κ3) is 7.63. The van der Waals surface area contributed by atoms with Crippen LogP contribution in [0.4, 0.5) is 0 Å². The van der Waals surface area contributed by atoms with Gasteiger partial charge in [0, 0.05) is 28.9 Å². The molecule has 0 bridgehead atoms. The largest absolute Gasteiger partial charge is 0.497 e. The lowest BCUT2D eigenvalue weighted by molar-refractivity contribution is -0.138. The second-order valence-corrected chi connectivity index (χ2v) is 8.83. The number of rotatable bonds is 11. The van der Waals surface area contributed by atoms with E-state index in [9.17, 15) is 9.59 Å². The van der Waals surface area contributed by atoms with Gasteiger partial charge >= 0.3 is 0 Å². The van der Waals surface area contributed by atoms with E-state index in [1.807, 2.05) is 31.2 Å². The zero-order chi connectivity index (χ0) is 22.8. The van der Waals surface area contributed by atoms with Gasteiger partial charge in [-0.2, -0.15) is 0 Å². The molecule has 2 amide bonds. The van der Waals surface area contributed by atoms with E-state index in [4.69, 9.17) is 27.9 Å². The van der Waals surface area contributed by atoms with E-state index in [1.54, 1.807) is 37.1 Å². The van der Waals surface area contributed by atoms with Crippen LogP contribution in [0, 0.1) is 0 Å². The van der Waals surface area contributed by atoms with Gasteiger partial charge in [-0.25, -0.2) is 0 Å². The Morgan fingerprint density at radius 1 is 1.16 bits per heavy atom. The molecule has 0 aliphatic heterocycles. The summed E-state index contributed by atoms with van der Waals surface area (Å²) in [6.45, 7) is 4.62. The minimum atomic E-state index is -0.602. The third-order valence-corrected chi connectivity index (χ3v) is 6.39. The van der Waals surface area contributed by atoms with Gasteiger partial charge in [-0.3, -0.25) is 9.59 Å². The normalized spacial score (nSPS) is 11.6. The molecule has 0 spiro atoms. The number of amides is 2. The molecule has 31 heavy (non-hydrogen) atoms. The maximum Gasteiger partial charge on any atom is 0.242 e. The standard InChI is InChI=1S/C23H28Cl2N2O3S/c1-4-11-26-23(29)16(2)27(13-17-7-5-8-18(12-17)30-3)22(28)15-31-14-19-20(24)9-6-10-21(19)25/h5-10,12,16H,4,11,13-15H2,1-3H3,(H,26,29). The number of ether oxygens (including phenoxy) is 1. The molecule has 2 rings (SSSR count). The molecule has 168 valence electrons. The van der Waals surface area contributed by atoms with Crippen LogP contribution < -0.4 is 10.1 Å². The topological polar surface area (TPSA) is 58.6 Å². The number of hydrogen-bond acceptors (Lipinski definition) is 4. The smallest absolute Gasteiger partial charge is 0.242 e. The Hall–Kier alpha value is -1.89. The molecule has 5 nitrogen and oxygen atoms in total. The Labute approximate surface area is 198 Å². The molecular formula is C23H28Cl2N2O3S. The van der Waals surface area contributed by atoms with E-state index in [1.165, 1.54) is 11.8 Å². The summed E-state index contributed by atoms with van der Waals surface area (Å²) < 4.78 is 5.28. The number of benzene rings is 2. The molecule has 0 aliphatic rings. The first-order chi connectivity index (χ1) is 14.9. The van der Waals surface area contributed by atoms with Gasteiger partial charge < -0.3 is 15.0 Å². The van der Waals surface area contributed by atoms with Gasteiger partial charge in [-0.05, 0) is 48.7 Å². The van der Waals surface area contributed by atoms with Gasteiger partial charge in [0.15, 0.2) is 0 Å². The van der Waals surface area contributed by atoms with Crippen LogP contribution in [0.2, 0.25) is 10.0 Å². The number of thioether (sulfide) groups is 1. The van der Waals surface area contributed by atoms with E-state index in [0.717, 1.165) is 17.5 Å². The molecule has 0 aliphatic carbocycles. The van der Waals surface area contributed by atoms with E-state index in [-0.39, 0.29) is 17.6 Å². The van der Waals surface area contributed by atoms with Crippen molar-refractivity contribution < 1.29 is 14.3 Å². The van der Waals surface area contributed by atoms with Crippen LogP contribution in [0.1, 0.15) is 31.4 Å². The van der Waals surface area contributed by atoms with E-state index in [0.29, 0.717) is 34.6 Å². The minimum absolute atomic E-state index is 0.129. The summed E-state index contributed by atoms with van der Waals surface area (Å²) in [5.41, 5.74) is 1.69. The molecule has 0 saturated carbocycles. The summed E-state index contributed by atoms with van der Waals surface area (Å²) in [7, 11) is 1.60. The van der Waals surface area contributed by atoms with Crippen molar-refractivity contribution in [1.29, 1.82) is 0 Å². The molecule has 0 heterocycles. The second-order valence-electron chi connectivity index (χ2n) is 7.03. The summed E-state index contributed by atoms with van der Waals surface area (Å²) in [6, 6.07) is 12.2. The lowest BCUT2D eigenvalue weighted by Crippen LogP contribution is -2.48. The average molecular weight is 483 g/mol. The van der Waals surface area contributed by atoms with Crippen molar-refractivity contribution in [2.75, 3.05) is 19.4 Å². The highest BCUT2D eigenvalue weighted by atomic mass is 35.5. The van der Waals surface area contributed by atoms with Crippen molar-refractivity contribution in [3.05, 3.63) is 63.6 Å². The Kier molecular flexibility index (Phi) is 10.5. The molecule has 0 radical (unpaired) electrons. The fourth-order valence-corrected chi connectivity index (χ4v) is 4.59. The van der Waals surface area contributed by atoms with Gasteiger partial charge in [0.2, 0.25) is 11.8 Å². The van der Waals surface area contributed by atoms with Crippen LogP contribution in [0.15, 0.2) is 42.5 Å². The predicted octanol–water partition coefficient (Wildman–Crippen LogP) is 5.18. The first-order valence-corrected chi connectivity index (χ1v) is 12.0. The van der Waals surface area contributed by atoms with E-state index < -0.39 is 6.04 Å². The summed E-state index contributed by atoms with van der Waals surface area (Å²) in [6.07, 6.45) is 0.830. The average Bonchev–Trinajstić information content (AvgIpc) is 2.77. The molecule has 2 aromatic carbocycles. The summed E-state index contributed by atoms with van der Waals surface area (Å²) in [5, 5.41) is 4.03. The number of nitrogens with zero attached hydrogens (tertiary/aromatic N) is 1. The van der Waals surface area contributed by atoms with Crippen LogP contribution in [0.3, 0.4) is 0 Å². The van der Waals surface area contributed by atoms with E-state index >= 15 is 0 Å². The molecule has 1 N–H and O–H groups in total. The van der Waals surface area contributed by atoms with Gasteiger partial charge in [-0.1, -0.05) is 48.3 Å². The fourth-order valence-electron chi connectivity index (χ4n) is 2.94. The van der Waals surface area contributed by atoms with Gasteiger partial charge in [0.05, 0.1) is 12.9 Å². The predicted molar refractivity (Wildman–Crippen MR) is 129 cm³/mol. The maximum absolute atomic E-state index is 13.1. The molecular weight excluding hydrogens is 455 g/mol. The van der Waals surface area contributed by atoms with Crippen molar-refractivity contribution in [2.24, 2.45) is 0 Å². The monoisotopic (exact) mass is 482 g/mol. The highest BCUT2D eigenvalue weighted by Crippen LogP contribution is 2.28. The molecule has 1 atom stereocenters. The second kappa shape index (κ2) is 12.8. The van der Waals surface area contributed by atoms with Crippen LogP contribution in [0.5, 0.6) is 5.75 Å². The lowest BCUT2D eigenvalue weighted by atomic mass is 10.1. The molecule has 2 aromatic rings. The SMILES string of the molecule is CCCNC(=O)C(C)N(Cc1cccc(OC)c1)C(=O)CSCc1c(Cl)cccc1Cl. The molecule has 0 fully saturated rings. The molecule has 0 saturated heterocycles. The van der Waals surface area contributed by atoms with Crippen LogP contribution in [-0.2, 0) is 21.9 Å². The minimum Gasteiger partial charge on any atom is -0.497 e. The summed E-state index contributed by atoms with van der Waals surface area (Å²) in [5.74, 6) is 1.12. The van der Waals surface area contributed by atoms with Crippen molar-refractivity contribution in [2.45, 2.75) is 38.6 Å². The van der Waals surface area contributed by atoms with Gasteiger partial charge in [-0.15, -0.1) is 11.8 Å². The van der Waals surface area contributed by atoms with Gasteiger partial charge in [0.1, 0.15) is 11.8 Å². The third-order valence-electron chi connectivity index (χ3n) is 4.74. The van der Waals surface area contributed by atoms with Crippen molar-refractivity contribution in [1.82, 2.24) is 10.2 Å². The zero-order valence-electron chi connectivity index (χ0n) is 18.0. The van der Waals surface area contributed by atoms with Crippen LogP contribution >= 0.6 is 35.0 Å². The first kappa shape index (κ1) is 25.4. The van der Waals surface area contributed by atoms with Gasteiger partial charge in [0.25, 0.3) is 0 Å². The fraction of sp³-hybridized carbons (Fsp3) is 0.391. The Bertz CT molecular complexity index is 875. The lowest BCUT2D eigenvalue weighted by Gasteiger charge is -2.29.